The van der Waals surface area contributed by atoms with Crippen molar-refractivity contribution < 1.29 is 19.5 Å². The van der Waals surface area contributed by atoms with Crippen LogP contribution in [0.4, 0.5) is 0 Å². The highest BCUT2D eigenvalue weighted by atomic mass is 16.4. The number of benzene rings is 2. The Labute approximate surface area is 120 Å². The van der Waals surface area contributed by atoms with Crippen molar-refractivity contribution in [2.75, 3.05) is 0 Å². The van der Waals surface area contributed by atoms with Gasteiger partial charge >= 0.3 is 5.97 Å². The summed E-state index contributed by atoms with van der Waals surface area (Å²) in [6.45, 7) is 3.81. The second-order valence-corrected chi connectivity index (χ2v) is 5.36. The van der Waals surface area contributed by atoms with Crippen molar-refractivity contribution in [3.63, 3.8) is 0 Å². The van der Waals surface area contributed by atoms with E-state index in [2.05, 4.69) is 5.32 Å². The van der Waals surface area contributed by atoms with Crippen LogP contribution in [0.25, 0.3) is 10.8 Å². The summed E-state index contributed by atoms with van der Waals surface area (Å²) in [5.74, 6) is -1.94. The Morgan fingerprint density at radius 3 is 2.38 bits per heavy atom. The lowest BCUT2D eigenvalue weighted by Crippen LogP contribution is -2.20. The van der Waals surface area contributed by atoms with Crippen LogP contribution in [0, 0.1) is 0 Å². The number of rotatable bonds is 2. The van der Waals surface area contributed by atoms with Crippen LogP contribution >= 0.6 is 0 Å². The third-order valence-electron chi connectivity index (χ3n) is 3.75. The molecule has 106 valence electrons. The summed E-state index contributed by atoms with van der Waals surface area (Å²) < 4.78 is 0. The van der Waals surface area contributed by atoms with E-state index >= 15 is 0 Å². The maximum absolute atomic E-state index is 12.1. The van der Waals surface area contributed by atoms with E-state index in [0.717, 1.165) is 0 Å². The lowest BCUT2D eigenvalue weighted by atomic mass is 9.88. The van der Waals surface area contributed by atoms with Gasteiger partial charge in [0.2, 0.25) is 0 Å². The average molecular weight is 283 g/mol. The van der Waals surface area contributed by atoms with Crippen LogP contribution in [0.15, 0.2) is 24.3 Å². The molecule has 2 N–H and O–H groups in total. The molecule has 0 spiro atoms. The van der Waals surface area contributed by atoms with Gasteiger partial charge in [0, 0.05) is 0 Å². The Bertz CT molecular complexity index is 821. The van der Waals surface area contributed by atoms with Crippen LogP contribution in [0.3, 0.4) is 0 Å². The van der Waals surface area contributed by atoms with Crippen LogP contribution in [-0.2, 0) is 0 Å². The first-order chi connectivity index (χ1) is 9.91. The number of carboxylic acids is 1. The quantitative estimate of drug-likeness (QED) is 0.830. The Morgan fingerprint density at radius 2 is 1.76 bits per heavy atom. The summed E-state index contributed by atoms with van der Waals surface area (Å²) in [6.07, 6.45) is 0. The van der Waals surface area contributed by atoms with Crippen molar-refractivity contribution >= 4 is 28.6 Å². The smallest absolute Gasteiger partial charge is 0.336 e. The topological polar surface area (TPSA) is 83.5 Å². The van der Waals surface area contributed by atoms with E-state index in [-0.39, 0.29) is 17.0 Å². The van der Waals surface area contributed by atoms with E-state index in [1.54, 1.807) is 18.2 Å². The predicted molar refractivity (Wildman–Crippen MR) is 76.8 cm³/mol. The zero-order valence-corrected chi connectivity index (χ0v) is 11.6. The Morgan fingerprint density at radius 1 is 1.10 bits per heavy atom. The largest absolute Gasteiger partial charge is 0.478 e. The molecule has 1 aliphatic rings. The van der Waals surface area contributed by atoms with E-state index < -0.39 is 17.8 Å². The molecule has 2 amide bonds. The van der Waals surface area contributed by atoms with Crippen molar-refractivity contribution in [3.8, 4) is 0 Å². The molecule has 0 atom stereocenters. The summed E-state index contributed by atoms with van der Waals surface area (Å²) in [6, 6.07) is 6.45. The molecular weight excluding hydrogens is 270 g/mol. The molecule has 0 saturated heterocycles. The van der Waals surface area contributed by atoms with Gasteiger partial charge in [0.05, 0.1) is 16.7 Å². The number of carboxylic acid groups (broad SMARTS) is 1. The Kier molecular flexibility index (Phi) is 2.79. The Balaban J connectivity index is 2.52. The number of nitrogens with one attached hydrogen (secondary N) is 1. The molecule has 3 rings (SSSR count). The maximum Gasteiger partial charge on any atom is 0.336 e. The third-order valence-corrected chi connectivity index (χ3v) is 3.75. The molecule has 1 heterocycles. The second kappa shape index (κ2) is 4.41. The van der Waals surface area contributed by atoms with Crippen LogP contribution < -0.4 is 5.32 Å². The molecule has 0 saturated carbocycles. The molecule has 1 aliphatic heterocycles. The zero-order chi connectivity index (χ0) is 15.3. The normalized spacial score (nSPS) is 13.7. The minimum absolute atomic E-state index is 0.00153. The van der Waals surface area contributed by atoms with Gasteiger partial charge in [-0.1, -0.05) is 26.0 Å². The molecule has 5 nitrogen and oxygen atoms in total. The van der Waals surface area contributed by atoms with Gasteiger partial charge in [-0.2, -0.15) is 0 Å². The van der Waals surface area contributed by atoms with Gasteiger partial charge in [0.1, 0.15) is 0 Å². The summed E-state index contributed by atoms with van der Waals surface area (Å²) in [7, 11) is 0. The van der Waals surface area contributed by atoms with Gasteiger partial charge in [-0.05, 0) is 34.4 Å². The van der Waals surface area contributed by atoms with E-state index in [9.17, 15) is 19.5 Å². The molecule has 21 heavy (non-hydrogen) atoms. The van der Waals surface area contributed by atoms with E-state index in [4.69, 9.17) is 0 Å². The lowest BCUT2D eigenvalue weighted by Gasteiger charge is -2.13. The highest BCUT2D eigenvalue weighted by Crippen LogP contribution is 2.34. The van der Waals surface area contributed by atoms with Gasteiger partial charge in [-0.15, -0.1) is 0 Å². The van der Waals surface area contributed by atoms with Crippen molar-refractivity contribution in [2.45, 2.75) is 19.8 Å². The number of fused-ring (bicyclic) bond motifs is 3. The van der Waals surface area contributed by atoms with Crippen LogP contribution in [0.5, 0.6) is 0 Å². The summed E-state index contributed by atoms with van der Waals surface area (Å²) in [4.78, 5) is 35.5. The third kappa shape index (κ3) is 1.81. The first-order valence-electron chi connectivity index (χ1n) is 6.60. The first-order valence-corrected chi connectivity index (χ1v) is 6.60. The molecule has 0 bridgehead atoms. The number of carbonyl (C=O) groups is 3. The summed E-state index contributed by atoms with van der Waals surface area (Å²) in [5, 5.41) is 12.6. The van der Waals surface area contributed by atoms with Crippen LogP contribution in [0.2, 0.25) is 0 Å². The molecule has 0 unspecified atom stereocenters. The summed E-state index contributed by atoms with van der Waals surface area (Å²) in [5.41, 5.74) is 1.47. The number of hydrogen-bond donors (Lipinski definition) is 2. The molecule has 2 aromatic rings. The van der Waals surface area contributed by atoms with Crippen LogP contribution in [-0.4, -0.2) is 22.9 Å². The number of aromatic carboxylic acids is 1. The number of hydrogen-bond acceptors (Lipinski definition) is 3. The fraction of sp³-hybridized carbons (Fsp3) is 0.188. The van der Waals surface area contributed by atoms with E-state index in [1.807, 2.05) is 13.8 Å². The number of amides is 2. The monoisotopic (exact) mass is 283 g/mol. The molecule has 2 aromatic carbocycles. The molecule has 0 radical (unpaired) electrons. The minimum Gasteiger partial charge on any atom is -0.478 e. The maximum atomic E-state index is 12.1. The second-order valence-electron chi connectivity index (χ2n) is 5.36. The van der Waals surface area contributed by atoms with Crippen LogP contribution in [0.1, 0.15) is 56.4 Å². The van der Waals surface area contributed by atoms with Gasteiger partial charge < -0.3 is 5.11 Å². The minimum atomic E-state index is -1.06. The zero-order valence-electron chi connectivity index (χ0n) is 11.6. The fourth-order valence-corrected chi connectivity index (χ4v) is 2.80. The van der Waals surface area contributed by atoms with Crippen molar-refractivity contribution in [3.05, 3.63) is 46.5 Å². The number of imide groups is 1. The molecule has 0 aromatic heterocycles. The summed E-state index contributed by atoms with van der Waals surface area (Å²) >= 11 is 0. The number of carbonyl (C=O) groups excluding carboxylic acids is 2. The lowest BCUT2D eigenvalue weighted by molar-refractivity contribution is 0.0698. The van der Waals surface area contributed by atoms with Gasteiger partial charge in [0.15, 0.2) is 0 Å². The Hall–Kier alpha value is -2.69. The average Bonchev–Trinajstić information content (AvgIpc) is 2.72. The van der Waals surface area contributed by atoms with Crippen molar-refractivity contribution in [1.82, 2.24) is 5.32 Å². The molecular formula is C16H13NO4. The predicted octanol–water partition coefficient (Wildman–Crippen LogP) is 2.55. The van der Waals surface area contributed by atoms with E-state index in [0.29, 0.717) is 21.9 Å². The standard InChI is InChI=1S/C16H13NO4/c1-7(2)10-6-11-8(4-3-5-9(11)16(20)21)12-13(10)15(19)17-14(12)18/h3-7H,1-2H3,(H,20,21)(H,17,18,19). The van der Waals surface area contributed by atoms with Gasteiger partial charge in [0.25, 0.3) is 11.8 Å². The highest BCUT2D eigenvalue weighted by Gasteiger charge is 2.33. The van der Waals surface area contributed by atoms with E-state index in [1.165, 1.54) is 6.07 Å². The first kappa shape index (κ1) is 13.3. The highest BCUT2D eigenvalue weighted by molar-refractivity contribution is 6.28. The molecule has 0 fully saturated rings. The SMILES string of the molecule is CC(C)c1cc2c(C(=O)O)cccc2c2c1C(=O)NC2=O. The molecule has 5 heteroatoms. The fourth-order valence-electron chi connectivity index (χ4n) is 2.80. The van der Waals surface area contributed by atoms with Crippen molar-refractivity contribution in [2.24, 2.45) is 0 Å². The van der Waals surface area contributed by atoms with Crippen molar-refractivity contribution in [1.29, 1.82) is 0 Å². The van der Waals surface area contributed by atoms with Gasteiger partial charge in [-0.25, -0.2) is 4.79 Å². The van der Waals surface area contributed by atoms with Gasteiger partial charge in [-0.3, -0.25) is 14.9 Å². The molecule has 0 aliphatic carbocycles.